The molecule has 2 aliphatic rings. The van der Waals surface area contributed by atoms with E-state index in [0.717, 1.165) is 44.0 Å². The molecule has 41 heavy (non-hydrogen) atoms. The van der Waals surface area contributed by atoms with Gasteiger partial charge in [0, 0.05) is 59.8 Å². The van der Waals surface area contributed by atoms with E-state index in [4.69, 9.17) is 4.74 Å². The fourth-order valence-electron chi connectivity index (χ4n) is 4.34. The number of thiazole rings is 2. The van der Waals surface area contributed by atoms with Gasteiger partial charge in [0.25, 0.3) is 5.91 Å². The van der Waals surface area contributed by atoms with E-state index >= 15 is 0 Å². The summed E-state index contributed by atoms with van der Waals surface area (Å²) in [4.78, 5) is 37.2. The average Bonchev–Trinajstić information content (AvgIpc) is 3.78. The number of ether oxygens (including phenoxy) is 1. The van der Waals surface area contributed by atoms with Crippen LogP contribution in [0.4, 0.5) is 10.3 Å². The maximum Gasteiger partial charge on any atom is 0.303 e. The number of hydrazone groups is 2. The third-order valence-corrected chi connectivity index (χ3v) is 7.99. The van der Waals surface area contributed by atoms with Crippen LogP contribution in [0.15, 0.2) is 81.8 Å². The molecular weight excluding hydrogens is 560 g/mol. The molecule has 2 aromatic heterocycles. The summed E-state index contributed by atoms with van der Waals surface area (Å²) in [7, 11) is 0. The van der Waals surface area contributed by atoms with Crippen LogP contribution in [0.3, 0.4) is 0 Å². The highest BCUT2D eigenvalue weighted by molar-refractivity contribution is 7.14. The van der Waals surface area contributed by atoms with Gasteiger partial charge in [-0.15, -0.1) is 22.7 Å². The van der Waals surface area contributed by atoms with Gasteiger partial charge < -0.3 is 10.1 Å². The number of hydrogen-bond donors (Lipinski definition) is 2. The van der Waals surface area contributed by atoms with E-state index < -0.39 is 5.91 Å². The van der Waals surface area contributed by atoms with Gasteiger partial charge in [-0.05, 0) is 12.1 Å². The Bertz CT molecular complexity index is 1560. The van der Waals surface area contributed by atoms with Crippen molar-refractivity contribution < 1.29 is 14.3 Å². The van der Waals surface area contributed by atoms with Crippen molar-refractivity contribution in [1.82, 2.24) is 20.2 Å². The number of rotatable bonds is 9. The van der Waals surface area contributed by atoms with Crippen LogP contribution in [0.2, 0.25) is 0 Å². The van der Waals surface area contributed by atoms with Crippen molar-refractivity contribution >= 4 is 56.2 Å². The highest BCUT2D eigenvalue weighted by atomic mass is 32.1. The number of carbonyl (C=O) groups excluding carboxylic acids is 2. The number of hydrogen-bond acceptors (Lipinski definition) is 11. The number of nitrogens with one attached hydrogen (secondary N) is 2. The lowest BCUT2D eigenvalue weighted by Crippen LogP contribution is -2.41. The summed E-state index contributed by atoms with van der Waals surface area (Å²) in [6.07, 6.45) is 1.66. The molecule has 208 valence electrons. The van der Waals surface area contributed by atoms with E-state index in [2.05, 4.69) is 35.8 Å². The number of carbonyl (C=O) groups is 2. The summed E-state index contributed by atoms with van der Waals surface area (Å²) in [5.41, 5.74) is 6.32. The van der Waals surface area contributed by atoms with Crippen molar-refractivity contribution in [2.75, 3.05) is 49.8 Å². The van der Waals surface area contributed by atoms with Gasteiger partial charge in [0.2, 0.25) is 10.3 Å². The molecule has 0 bridgehead atoms. The molecule has 2 N–H and O–H groups in total. The molecule has 0 atom stereocenters. The van der Waals surface area contributed by atoms with Crippen LogP contribution >= 0.6 is 22.7 Å². The molecule has 0 radical (unpaired) electrons. The number of benzene rings is 2. The molecule has 1 saturated heterocycles. The molecule has 2 aromatic carbocycles. The zero-order valence-electron chi connectivity index (χ0n) is 21.9. The minimum Gasteiger partial charge on any atom is -0.379 e. The van der Waals surface area contributed by atoms with Crippen molar-refractivity contribution in [1.29, 1.82) is 0 Å². The molecule has 2 amide bonds. The van der Waals surface area contributed by atoms with Crippen LogP contribution in [0.5, 0.6) is 0 Å². The largest absolute Gasteiger partial charge is 0.379 e. The van der Waals surface area contributed by atoms with Crippen molar-refractivity contribution in [2.45, 2.75) is 0 Å². The monoisotopic (exact) mass is 586 g/mol. The lowest BCUT2D eigenvalue weighted by molar-refractivity contribution is -0.112. The molecule has 6 rings (SSSR count). The molecular formula is C28H26N8O3S2. The van der Waals surface area contributed by atoms with E-state index in [1.54, 1.807) is 18.3 Å². The highest BCUT2D eigenvalue weighted by Crippen LogP contribution is 2.30. The molecule has 4 heterocycles. The molecule has 1 fully saturated rings. The fourth-order valence-corrected chi connectivity index (χ4v) is 5.59. The van der Waals surface area contributed by atoms with E-state index in [1.165, 1.54) is 27.7 Å². The lowest BCUT2D eigenvalue weighted by atomic mass is 10.1. The number of morpholine rings is 1. The van der Waals surface area contributed by atoms with Crippen LogP contribution in [0, 0.1) is 0 Å². The predicted octanol–water partition coefficient (Wildman–Crippen LogP) is 3.55. The molecule has 13 heteroatoms. The van der Waals surface area contributed by atoms with Gasteiger partial charge in [0.05, 0.1) is 18.9 Å². The molecule has 0 spiro atoms. The van der Waals surface area contributed by atoms with E-state index in [9.17, 15) is 9.59 Å². The Kier molecular flexibility index (Phi) is 8.18. The molecule has 0 saturated carbocycles. The van der Waals surface area contributed by atoms with Crippen LogP contribution in [-0.4, -0.2) is 77.5 Å². The molecule has 2 aliphatic heterocycles. The maximum absolute atomic E-state index is 13.4. The first-order valence-corrected chi connectivity index (χ1v) is 14.8. The normalized spacial score (nSPS) is 16.7. The summed E-state index contributed by atoms with van der Waals surface area (Å²) in [6, 6.07) is 16.7. The quantitative estimate of drug-likeness (QED) is 0.288. The Morgan fingerprint density at radius 3 is 2.59 bits per heavy atom. The molecule has 11 nitrogen and oxygen atoms in total. The fraction of sp³-hybridized carbons (Fsp3) is 0.214. The van der Waals surface area contributed by atoms with E-state index in [0.29, 0.717) is 33.8 Å². The van der Waals surface area contributed by atoms with Gasteiger partial charge in [0.1, 0.15) is 5.71 Å². The second kappa shape index (κ2) is 12.5. The standard InChI is InChI=1S/C28H26N8O3S2/c37-25(29-10-12-35-13-15-39-16-14-35)21-8-6-19(7-9-21)22-18-41-28(31-22)36-26(38)24(32-33-27-30-11-17-40-27)23(34-36)20-4-2-1-3-5-20/h1-9,11,17-18H,10,12-16H2,(H,29,37)(H,30,33)/b32-24-. The second-order valence-corrected chi connectivity index (χ2v) is 10.9. The smallest absolute Gasteiger partial charge is 0.303 e. The van der Waals surface area contributed by atoms with Gasteiger partial charge in [-0.3, -0.25) is 19.9 Å². The van der Waals surface area contributed by atoms with Crippen molar-refractivity contribution in [3.63, 3.8) is 0 Å². The van der Waals surface area contributed by atoms with Gasteiger partial charge in [-0.1, -0.05) is 42.5 Å². The Hall–Kier alpha value is -4.30. The molecule has 0 aliphatic carbocycles. The van der Waals surface area contributed by atoms with Gasteiger partial charge in [0.15, 0.2) is 5.71 Å². The number of amides is 2. The Morgan fingerprint density at radius 1 is 1.02 bits per heavy atom. The van der Waals surface area contributed by atoms with Crippen molar-refractivity contribution in [3.8, 4) is 11.3 Å². The van der Waals surface area contributed by atoms with E-state index in [1.807, 2.05) is 53.2 Å². The van der Waals surface area contributed by atoms with Gasteiger partial charge in [-0.2, -0.15) is 15.2 Å². The number of nitrogens with zero attached hydrogens (tertiary/aromatic N) is 6. The third kappa shape index (κ3) is 6.23. The SMILES string of the molecule is O=C(NCCN1CCOCC1)c1ccc(-c2csc(N3N=C(c4ccccc4)/C(=N/Nc4nccs4)C3=O)n2)cc1. The first-order chi connectivity index (χ1) is 20.2. The minimum absolute atomic E-state index is 0.118. The zero-order chi connectivity index (χ0) is 28.0. The first-order valence-electron chi connectivity index (χ1n) is 13.0. The van der Waals surface area contributed by atoms with Gasteiger partial charge >= 0.3 is 5.91 Å². The van der Waals surface area contributed by atoms with Crippen LogP contribution in [0.25, 0.3) is 11.3 Å². The first kappa shape index (κ1) is 26.9. The zero-order valence-corrected chi connectivity index (χ0v) is 23.5. The number of anilines is 2. The van der Waals surface area contributed by atoms with Crippen LogP contribution in [-0.2, 0) is 9.53 Å². The Labute approximate surface area is 244 Å². The van der Waals surface area contributed by atoms with Crippen molar-refractivity contribution in [2.24, 2.45) is 10.2 Å². The van der Waals surface area contributed by atoms with E-state index in [-0.39, 0.29) is 11.6 Å². The average molecular weight is 587 g/mol. The summed E-state index contributed by atoms with van der Waals surface area (Å²) >= 11 is 2.68. The lowest BCUT2D eigenvalue weighted by Gasteiger charge is -2.26. The topological polar surface area (TPSA) is 124 Å². The third-order valence-electron chi connectivity index (χ3n) is 6.50. The van der Waals surface area contributed by atoms with Crippen molar-refractivity contribution in [3.05, 3.63) is 82.7 Å². The summed E-state index contributed by atoms with van der Waals surface area (Å²) < 4.78 is 5.36. The number of aromatic nitrogens is 2. The van der Waals surface area contributed by atoms with Gasteiger partial charge in [-0.25, -0.2) is 9.97 Å². The predicted molar refractivity (Wildman–Crippen MR) is 161 cm³/mol. The van der Waals surface area contributed by atoms with Crippen LogP contribution in [0.1, 0.15) is 15.9 Å². The van der Waals surface area contributed by atoms with Crippen LogP contribution < -0.4 is 15.8 Å². The Morgan fingerprint density at radius 2 is 1.83 bits per heavy atom. The summed E-state index contributed by atoms with van der Waals surface area (Å²) in [5, 5.41) is 17.9. The Balaban J connectivity index is 1.15. The molecule has 0 unspecified atom stereocenters. The highest BCUT2D eigenvalue weighted by Gasteiger charge is 2.35. The summed E-state index contributed by atoms with van der Waals surface area (Å²) in [5.74, 6) is -0.509. The molecule has 4 aromatic rings. The second-order valence-electron chi connectivity index (χ2n) is 9.14. The maximum atomic E-state index is 13.4. The minimum atomic E-state index is -0.391. The summed E-state index contributed by atoms with van der Waals surface area (Å²) in [6.45, 7) is 4.63.